The van der Waals surface area contributed by atoms with Crippen molar-refractivity contribution in [1.82, 2.24) is 25.4 Å². The van der Waals surface area contributed by atoms with Crippen molar-refractivity contribution in [3.05, 3.63) is 29.8 Å². The molecule has 4 N–H and O–H groups in total. The number of H-pyrrole nitrogens is 1. The normalized spacial score (nSPS) is 10.8. The molecule has 22 heavy (non-hydrogen) atoms. The summed E-state index contributed by atoms with van der Waals surface area (Å²) in [5.74, 6) is 1.03. The summed E-state index contributed by atoms with van der Waals surface area (Å²) < 4.78 is 0. The number of hydrogen-bond acceptors (Lipinski definition) is 7. The van der Waals surface area contributed by atoms with Crippen molar-refractivity contribution < 1.29 is 5.11 Å². The first-order chi connectivity index (χ1) is 10.8. The number of benzene rings is 1. The van der Waals surface area contributed by atoms with Crippen molar-refractivity contribution in [1.29, 1.82) is 0 Å². The number of aromatic nitrogens is 5. The molecule has 0 saturated heterocycles. The van der Waals surface area contributed by atoms with Crippen LogP contribution in [0.5, 0.6) is 0 Å². The van der Waals surface area contributed by atoms with E-state index in [4.69, 9.17) is 5.11 Å². The molecule has 3 rings (SSSR count). The highest BCUT2D eigenvalue weighted by molar-refractivity contribution is 5.85. The van der Waals surface area contributed by atoms with Gasteiger partial charge in [0.05, 0.1) is 0 Å². The molecule has 1 aromatic carbocycles. The first-order valence-corrected chi connectivity index (χ1v) is 7.03. The Morgan fingerprint density at radius 2 is 1.95 bits per heavy atom. The Hall–Kier alpha value is -2.74. The minimum absolute atomic E-state index is 0.119. The number of aryl methyl sites for hydroxylation is 1. The van der Waals surface area contributed by atoms with Gasteiger partial charge in [-0.2, -0.15) is 20.3 Å². The van der Waals surface area contributed by atoms with E-state index in [9.17, 15) is 0 Å². The van der Waals surface area contributed by atoms with Gasteiger partial charge in [0.15, 0.2) is 11.3 Å². The zero-order valence-corrected chi connectivity index (χ0v) is 12.2. The van der Waals surface area contributed by atoms with Crippen molar-refractivity contribution >= 4 is 28.6 Å². The fraction of sp³-hybridized carbons (Fsp3) is 0.286. The van der Waals surface area contributed by atoms with Crippen LogP contribution >= 0.6 is 0 Å². The van der Waals surface area contributed by atoms with Crippen LogP contribution in [0.1, 0.15) is 12.0 Å². The van der Waals surface area contributed by atoms with Crippen molar-refractivity contribution in [3.8, 4) is 0 Å². The highest BCUT2D eigenvalue weighted by Crippen LogP contribution is 2.22. The average molecular weight is 299 g/mol. The lowest BCUT2D eigenvalue weighted by atomic mass is 10.2. The van der Waals surface area contributed by atoms with Gasteiger partial charge in [-0.1, -0.05) is 17.7 Å². The molecule has 3 aromatic rings. The Balaban J connectivity index is 1.89. The minimum atomic E-state index is 0.119. The lowest BCUT2D eigenvalue weighted by Crippen LogP contribution is -2.08. The molecule has 114 valence electrons. The third-order valence-electron chi connectivity index (χ3n) is 3.12. The van der Waals surface area contributed by atoms with Gasteiger partial charge < -0.3 is 15.7 Å². The van der Waals surface area contributed by atoms with Crippen molar-refractivity contribution in [2.24, 2.45) is 0 Å². The molecule has 2 aromatic heterocycles. The third kappa shape index (κ3) is 3.12. The smallest absolute Gasteiger partial charge is 0.226 e. The summed E-state index contributed by atoms with van der Waals surface area (Å²) in [5, 5.41) is 25.8. The van der Waals surface area contributed by atoms with Gasteiger partial charge >= 0.3 is 0 Å². The molecule has 0 aliphatic heterocycles. The molecule has 0 aliphatic rings. The topological polar surface area (TPSA) is 112 Å². The molecule has 0 radical (unpaired) electrons. The van der Waals surface area contributed by atoms with Gasteiger partial charge in [-0.25, -0.2) is 0 Å². The summed E-state index contributed by atoms with van der Waals surface area (Å²) in [6.45, 7) is 2.74. The van der Waals surface area contributed by atoms with Crippen LogP contribution in [0, 0.1) is 6.92 Å². The molecule has 0 bridgehead atoms. The second-order valence-corrected chi connectivity index (χ2v) is 4.89. The van der Waals surface area contributed by atoms with Gasteiger partial charge in [-0.05, 0) is 25.5 Å². The molecule has 0 aliphatic carbocycles. The van der Waals surface area contributed by atoms with E-state index < -0.39 is 0 Å². The van der Waals surface area contributed by atoms with Gasteiger partial charge in [-0.3, -0.25) is 0 Å². The summed E-state index contributed by atoms with van der Waals surface area (Å²) in [6.07, 6.45) is 0.626. The Bertz CT molecular complexity index is 753. The Kier molecular flexibility index (Phi) is 4.10. The van der Waals surface area contributed by atoms with Gasteiger partial charge in [-0.15, -0.1) is 5.10 Å². The Labute approximate surface area is 127 Å². The zero-order valence-electron chi connectivity index (χ0n) is 12.2. The fourth-order valence-electron chi connectivity index (χ4n) is 1.97. The van der Waals surface area contributed by atoms with Crippen LogP contribution in [0.2, 0.25) is 0 Å². The van der Waals surface area contributed by atoms with Gasteiger partial charge in [0, 0.05) is 18.8 Å². The second-order valence-electron chi connectivity index (χ2n) is 4.89. The predicted molar refractivity (Wildman–Crippen MR) is 84.1 cm³/mol. The summed E-state index contributed by atoms with van der Waals surface area (Å²) in [6, 6.07) is 7.98. The van der Waals surface area contributed by atoms with E-state index in [-0.39, 0.29) is 6.61 Å². The number of rotatable bonds is 6. The number of nitrogens with one attached hydrogen (secondary N) is 3. The molecule has 2 heterocycles. The van der Waals surface area contributed by atoms with E-state index in [1.165, 1.54) is 5.56 Å². The van der Waals surface area contributed by atoms with E-state index >= 15 is 0 Å². The van der Waals surface area contributed by atoms with Crippen LogP contribution < -0.4 is 10.6 Å². The SMILES string of the molecule is Cc1ccc(Nc2nc(NCCCO)nc3n[nH]nc23)cc1. The summed E-state index contributed by atoms with van der Waals surface area (Å²) >= 11 is 0. The van der Waals surface area contributed by atoms with Crippen molar-refractivity contribution in [3.63, 3.8) is 0 Å². The second kappa shape index (κ2) is 6.35. The highest BCUT2D eigenvalue weighted by Gasteiger charge is 2.11. The molecule has 0 unspecified atom stereocenters. The molecule has 8 heteroatoms. The number of fused-ring (bicyclic) bond motifs is 1. The molecule has 8 nitrogen and oxygen atoms in total. The lowest BCUT2D eigenvalue weighted by molar-refractivity contribution is 0.292. The van der Waals surface area contributed by atoms with E-state index in [0.717, 1.165) is 5.69 Å². The maximum absolute atomic E-state index is 8.83. The van der Waals surface area contributed by atoms with E-state index in [0.29, 0.717) is 35.9 Å². The Morgan fingerprint density at radius 1 is 1.14 bits per heavy atom. The summed E-state index contributed by atoms with van der Waals surface area (Å²) in [7, 11) is 0. The first kappa shape index (κ1) is 14.2. The number of aliphatic hydroxyl groups is 1. The van der Waals surface area contributed by atoms with Crippen LogP contribution in [0.15, 0.2) is 24.3 Å². The Morgan fingerprint density at radius 3 is 2.73 bits per heavy atom. The van der Waals surface area contributed by atoms with Gasteiger partial charge in [0.2, 0.25) is 11.6 Å². The number of hydrogen-bond donors (Lipinski definition) is 4. The number of nitrogens with zero attached hydrogens (tertiary/aromatic N) is 4. The molecule has 0 fully saturated rings. The number of anilines is 3. The molecule has 0 spiro atoms. The van der Waals surface area contributed by atoms with Crippen LogP contribution in [0.3, 0.4) is 0 Å². The summed E-state index contributed by atoms with van der Waals surface area (Å²) in [5.41, 5.74) is 3.16. The van der Waals surface area contributed by atoms with E-state index in [2.05, 4.69) is 36.0 Å². The maximum Gasteiger partial charge on any atom is 0.226 e. The summed E-state index contributed by atoms with van der Waals surface area (Å²) in [4.78, 5) is 8.70. The van der Waals surface area contributed by atoms with Crippen molar-refractivity contribution in [2.45, 2.75) is 13.3 Å². The zero-order chi connectivity index (χ0) is 15.4. The van der Waals surface area contributed by atoms with Gasteiger partial charge in [0.25, 0.3) is 0 Å². The molecule has 0 atom stereocenters. The van der Waals surface area contributed by atoms with Crippen LogP contribution in [0.4, 0.5) is 17.5 Å². The molecule has 0 saturated carbocycles. The maximum atomic E-state index is 8.83. The lowest BCUT2D eigenvalue weighted by Gasteiger charge is -2.09. The minimum Gasteiger partial charge on any atom is -0.396 e. The third-order valence-corrected chi connectivity index (χ3v) is 3.12. The average Bonchev–Trinajstić information content (AvgIpc) is 2.98. The van der Waals surface area contributed by atoms with Crippen molar-refractivity contribution in [2.75, 3.05) is 23.8 Å². The van der Waals surface area contributed by atoms with Crippen LogP contribution in [-0.2, 0) is 0 Å². The monoisotopic (exact) mass is 299 g/mol. The van der Waals surface area contributed by atoms with Crippen LogP contribution in [0.25, 0.3) is 11.2 Å². The first-order valence-electron chi connectivity index (χ1n) is 7.03. The predicted octanol–water partition coefficient (Wildman–Crippen LogP) is 1.59. The molecule has 0 amide bonds. The van der Waals surface area contributed by atoms with E-state index in [1.807, 2.05) is 31.2 Å². The number of aliphatic hydroxyl groups excluding tert-OH is 1. The quantitative estimate of drug-likeness (QED) is 0.511. The molecular formula is C14H17N7O. The largest absolute Gasteiger partial charge is 0.396 e. The molecular weight excluding hydrogens is 282 g/mol. The van der Waals surface area contributed by atoms with Gasteiger partial charge in [0.1, 0.15) is 0 Å². The standard InChI is InChI=1S/C14H17N7O/c1-9-3-5-10(6-4-9)16-12-11-13(20-21-19-11)18-14(17-12)15-7-2-8-22/h3-6,22H,2,7-8H2,1H3,(H3,15,16,17,18,19,20,21). The number of aromatic amines is 1. The van der Waals surface area contributed by atoms with Crippen LogP contribution in [-0.4, -0.2) is 43.6 Å². The fourth-order valence-corrected chi connectivity index (χ4v) is 1.97. The highest BCUT2D eigenvalue weighted by atomic mass is 16.3. The van der Waals surface area contributed by atoms with E-state index in [1.54, 1.807) is 0 Å².